The molecule has 1 aromatic heterocycles. The van der Waals surface area contributed by atoms with Crippen molar-refractivity contribution in [3.63, 3.8) is 0 Å². The lowest BCUT2D eigenvalue weighted by atomic mass is 9.79. The van der Waals surface area contributed by atoms with Crippen LogP contribution in [0.2, 0.25) is 0 Å². The third-order valence-corrected chi connectivity index (χ3v) is 12.0. The lowest BCUT2D eigenvalue weighted by Crippen LogP contribution is -2.19. The fourth-order valence-electron chi connectivity index (χ4n) is 9.41. The molecule has 4 aliphatic carbocycles. The van der Waals surface area contributed by atoms with Crippen LogP contribution in [0.25, 0.3) is 44.2 Å². The highest BCUT2D eigenvalue weighted by Crippen LogP contribution is 2.54. The maximum atomic E-state index is 6.59. The molecule has 10 rings (SSSR count). The molecule has 0 N–H and O–H groups in total. The number of hydrogen-bond donors (Lipinski definition) is 0. The number of nitrogens with zero attached hydrogens (tertiary/aromatic N) is 1. The summed E-state index contributed by atoms with van der Waals surface area (Å²) in [6, 6.07) is 38.3. The molecular formula is C48H41NO. The first-order valence-electron chi connectivity index (χ1n) is 18.2. The lowest BCUT2D eigenvalue weighted by molar-refractivity contribution is 0.651. The Morgan fingerprint density at radius 3 is 1.72 bits per heavy atom. The highest BCUT2D eigenvalue weighted by Gasteiger charge is 2.39. The third-order valence-electron chi connectivity index (χ3n) is 12.0. The van der Waals surface area contributed by atoms with Crippen molar-refractivity contribution in [1.82, 2.24) is 0 Å². The Labute approximate surface area is 294 Å². The first-order valence-corrected chi connectivity index (χ1v) is 18.2. The second kappa shape index (κ2) is 10.6. The Morgan fingerprint density at radius 2 is 1.10 bits per heavy atom. The van der Waals surface area contributed by atoms with Gasteiger partial charge in [-0.25, -0.2) is 0 Å². The molecule has 1 heterocycles. The van der Waals surface area contributed by atoms with Crippen LogP contribution >= 0.6 is 0 Å². The van der Waals surface area contributed by atoms with Gasteiger partial charge >= 0.3 is 0 Å². The van der Waals surface area contributed by atoms with E-state index >= 15 is 0 Å². The average Bonchev–Trinajstić information content (AvgIpc) is 3.71. The Kier molecular flexibility index (Phi) is 6.26. The first-order chi connectivity index (χ1) is 24.3. The smallest absolute Gasteiger partial charge is 0.137 e. The van der Waals surface area contributed by atoms with Gasteiger partial charge in [-0.1, -0.05) is 101 Å². The molecule has 0 amide bonds. The van der Waals surface area contributed by atoms with E-state index in [-0.39, 0.29) is 10.8 Å². The Balaban J connectivity index is 1.14. The van der Waals surface area contributed by atoms with Crippen molar-refractivity contribution in [2.24, 2.45) is 0 Å². The zero-order chi connectivity index (χ0) is 33.8. The average molecular weight is 648 g/mol. The van der Waals surface area contributed by atoms with Gasteiger partial charge in [0.15, 0.2) is 0 Å². The van der Waals surface area contributed by atoms with E-state index in [2.05, 4.69) is 160 Å². The summed E-state index contributed by atoms with van der Waals surface area (Å²) < 4.78 is 6.59. The Bertz CT molecular complexity index is 2430. The van der Waals surface area contributed by atoms with Gasteiger partial charge in [-0.2, -0.15) is 0 Å². The van der Waals surface area contributed by atoms with Crippen molar-refractivity contribution in [3.8, 4) is 11.1 Å². The highest BCUT2D eigenvalue weighted by molar-refractivity contribution is 6.07. The fourth-order valence-corrected chi connectivity index (χ4v) is 9.41. The monoisotopic (exact) mass is 647 g/mol. The van der Waals surface area contributed by atoms with Gasteiger partial charge in [0.05, 0.1) is 0 Å². The van der Waals surface area contributed by atoms with E-state index in [1.165, 1.54) is 67.0 Å². The molecule has 244 valence electrons. The van der Waals surface area contributed by atoms with Crippen LogP contribution in [-0.2, 0) is 10.8 Å². The molecule has 2 nitrogen and oxygen atoms in total. The van der Waals surface area contributed by atoms with E-state index in [9.17, 15) is 0 Å². The normalized spacial score (nSPS) is 18.1. The molecular weight excluding hydrogens is 607 g/mol. The van der Waals surface area contributed by atoms with Crippen LogP contribution in [0, 0.1) is 0 Å². The quantitative estimate of drug-likeness (QED) is 0.189. The summed E-state index contributed by atoms with van der Waals surface area (Å²) in [6.07, 6.45) is 13.9. The van der Waals surface area contributed by atoms with E-state index in [1.54, 1.807) is 0 Å². The molecule has 6 aromatic rings. The molecule has 2 heteroatoms. The summed E-state index contributed by atoms with van der Waals surface area (Å²) in [6.45, 7) is 9.57. The number of benzene rings is 5. The molecule has 0 atom stereocenters. The van der Waals surface area contributed by atoms with Crippen molar-refractivity contribution in [2.45, 2.75) is 64.2 Å². The topological polar surface area (TPSA) is 16.4 Å². The van der Waals surface area contributed by atoms with Crippen LogP contribution in [0.5, 0.6) is 0 Å². The van der Waals surface area contributed by atoms with Crippen molar-refractivity contribution in [2.75, 3.05) is 4.90 Å². The van der Waals surface area contributed by atoms with Crippen molar-refractivity contribution in [1.29, 1.82) is 0 Å². The number of anilines is 3. The van der Waals surface area contributed by atoms with Crippen LogP contribution in [0.15, 0.2) is 143 Å². The molecule has 0 radical (unpaired) electrons. The van der Waals surface area contributed by atoms with Gasteiger partial charge < -0.3 is 9.32 Å². The predicted octanol–water partition coefficient (Wildman–Crippen LogP) is 13.5. The maximum Gasteiger partial charge on any atom is 0.137 e. The summed E-state index contributed by atoms with van der Waals surface area (Å²) >= 11 is 0. The second-order valence-corrected chi connectivity index (χ2v) is 15.6. The summed E-state index contributed by atoms with van der Waals surface area (Å²) in [7, 11) is 0. The number of fused-ring (bicyclic) bond motifs is 7. The zero-order valence-corrected chi connectivity index (χ0v) is 29.3. The van der Waals surface area contributed by atoms with Crippen LogP contribution in [0.3, 0.4) is 0 Å². The SMILES string of the molecule is CC1(C)C2=C(CCC=C2)c2ccc(N(c3ccc4c(c3)C(C)(C)C3=C4CCC=C3)c3ccc4c(c3)oc3ccc(-c5ccccc5)cc34)cc21. The number of hydrogen-bond acceptors (Lipinski definition) is 2. The predicted molar refractivity (Wildman–Crippen MR) is 210 cm³/mol. The van der Waals surface area contributed by atoms with E-state index in [0.717, 1.165) is 53.3 Å². The van der Waals surface area contributed by atoms with Crippen LogP contribution in [0.4, 0.5) is 17.1 Å². The molecule has 0 bridgehead atoms. The number of rotatable bonds is 4. The molecule has 5 aromatic carbocycles. The number of allylic oxidation sites excluding steroid dienone is 8. The van der Waals surface area contributed by atoms with Crippen molar-refractivity contribution < 1.29 is 4.42 Å². The van der Waals surface area contributed by atoms with E-state index < -0.39 is 0 Å². The lowest BCUT2D eigenvalue weighted by Gasteiger charge is -2.30. The molecule has 0 aliphatic heterocycles. The minimum absolute atomic E-state index is 0.0440. The molecule has 0 spiro atoms. The largest absolute Gasteiger partial charge is 0.456 e. The molecule has 0 saturated heterocycles. The minimum atomic E-state index is -0.0440. The highest BCUT2D eigenvalue weighted by atomic mass is 16.3. The summed E-state index contributed by atoms with van der Waals surface area (Å²) in [5.74, 6) is 0. The van der Waals surface area contributed by atoms with Crippen LogP contribution in [-0.4, -0.2) is 0 Å². The molecule has 4 aliphatic rings. The van der Waals surface area contributed by atoms with E-state index in [0.29, 0.717) is 0 Å². The summed E-state index contributed by atoms with van der Waals surface area (Å²) in [5, 5.41) is 2.28. The molecule has 0 unspecified atom stereocenters. The first kappa shape index (κ1) is 29.6. The van der Waals surface area contributed by atoms with E-state index in [4.69, 9.17) is 4.42 Å². The van der Waals surface area contributed by atoms with E-state index in [1.807, 2.05) is 0 Å². The minimum Gasteiger partial charge on any atom is -0.456 e. The van der Waals surface area contributed by atoms with Crippen LogP contribution in [0.1, 0.15) is 75.6 Å². The molecule has 0 fully saturated rings. The van der Waals surface area contributed by atoms with Gasteiger partial charge in [0, 0.05) is 44.7 Å². The Hall–Kier alpha value is -5.34. The van der Waals surface area contributed by atoms with Gasteiger partial charge in [-0.3, -0.25) is 0 Å². The van der Waals surface area contributed by atoms with Gasteiger partial charge in [0.25, 0.3) is 0 Å². The summed E-state index contributed by atoms with van der Waals surface area (Å²) in [4.78, 5) is 2.45. The second-order valence-electron chi connectivity index (χ2n) is 15.6. The third kappa shape index (κ3) is 4.21. The maximum absolute atomic E-state index is 6.59. The zero-order valence-electron chi connectivity index (χ0n) is 29.3. The van der Waals surface area contributed by atoms with Gasteiger partial charge in [0.2, 0.25) is 0 Å². The van der Waals surface area contributed by atoms with Crippen molar-refractivity contribution in [3.05, 3.63) is 161 Å². The number of furan rings is 1. The van der Waals surface area contributed by atoms with Crippen LogP contribution < -0.4 is 4.90 Å². The fraction of sp³-hybridized carbons (Fsp3) is 0.208. The summed E-state index contributed by atoms with van der Waals surface area (Å²) in [5.41, 5.74) is 19.3. The Morgan fingerprint density at radius 1 is 0.520 bits per heavy atom. The standard InChI is InChI=1S/C48H41NO/c1-47(2)41-16-10-8-14-35(41)37-22-19-32(27-43(37)47)49(33-20-23-38-36-15-9-11-17-42(36)48(3,4)44(38)28-33)34-21-24-39-40-26-31(30-12-6-5-7-13-30)18-25-45(40)50-46(39)29-34/h5-7,10-13,16-29H,8-9,14-15H2,1-4H3. The van der Waals surface area contributed by atoms with Gasteiger partial charge in [-0.15, -0.1) is 0 Å². The van der Waals surface area contributed by atoms with Gasteiger partial charge in [0.1, 0.15) is 11.2 Å². The van der Waals surface area contributed by atoms with Gasteiger partial charge in [-0.05, 0) is 130 Å². The molecule has 50 heavy (non-hydrogen) atoms. The molecule has 0 saturated carbocycles. The van der Waals surface area contributed by atoms with Crippen molar-refractivity contribution >= 4 is 50.1 Å².